The molecule has 1 rings (SSSR count). The average molecular weight is 218 g/mol. The molecule has 0 aromatic rings. The Bertz CT molecular complexity index is 312. The van der Waals surface area contributed by atoms with Crippen LogP contribution in [0.25, 0.3) is 0 Å². The molecule has 2 atom stereocenters. The SMILES string of the molecule is [2H]C([2H])([2H])OC1C(C)CCN1C(=O)OC(C)(C)C. The Labute approximate surface area is 95.7 Å². The van der Waals surface area contributed by atoms with Gasteiger partial charge >= 0.3 is 6.09 Å². The lowest BCUT2D eigenvalue weighted by Crippen LogP contribution is -2.41. The summed E-state index contributed by atoms with van der Waals surface area (Å²) in [4.78, 5) is 13.3. The first-order chi connectivity index (χ1) is 7.99. The van der Waals surface area contributed by atoms with Crippen LogP contribution in [-0.2, 0) is 9.47 Å². The lowest BCUT2D eigenvalue weighted by molar-refractivity contribution is -0.0438. The van der Waals surface area contributed by atoms with Crippen LogP contribution in [0.5, 0.6) is 0 Å². The number of hydrogen-bond acceptors (Lipinski definition) is 3. The van der Waals surface area contributed by atoms with Gasteiger partial charge in [-0.2, -0.15) is 0 Å². The van der Waals surface area contributed by atoms with Crippen LogP contribution < -0.4 is 0 Å². The summed E-state index contributed by atoms with van der Waals surface area (Å²) in [5, 5.41) is 0. The maximum atomic E-state index is 11.9. The van der Waals surface area contributed by atoms with Crippen LogP contribution in [0.15, 0.2) is 0 Å². The van der Waals surface area contributed by atoms with E-state index in [0.717, 1.165) is 0 Å². The van der Waals surface area contributed by atoms with Crippen molar-refractivity contribution in [2.75, 3.05) is 13.6 Å². The smallest absolute Gasteiger partial charge is 0.412 e. The highest BCUT2D eigenvalue weighted by Gasteiger charge is 2.36. The van der Waals surface area contributed by atoms with Crippen molar-refractivity contribution in [1.29, 1.82) is 0 Å². The molecule has 1 aliphatic rings. The van der Waals surface area contributed by atoms with Gasteiger partial charge in [-0.15, -0.1) is 0 Å². The monoisotopic (exact) mass is 218 g/mol. The van der Waals surface area contributed by atoms with Crippen molar-refractivity contribution in [3.05, 3.63) is 0 Å². The van der Waals surface area contributed by atoms with Crippen molar-refractivity contribution < 1.29 is 18.4 Å². The number of rotatable bonds is 1. The third-order valence-electron chi connectivity index (χ3n) is 2.37. The molecule has 1 heterocycles. The first-order valence-electron chi connectivity index (χ1n) is 6.67. The zero-order valence-corrected chi connectivity index (χ0v) is 9.74. The van der Waals surface area contributed by atoms with E-state index in [-0.39, 0.29) is 5.92 Å². The number of ether oxygens (including phenoxy) is 2. The summed E-state index contributed by atoms with van der Waals surface area (Å²) in [6.07, 6.45) is -0.562. The van der Waals surface area contributed by atoms with Gasteiger partial charge in [0.25, 0.3) is 0 Å². The van der Waals surface area contributed by atoms with Crippen molar-refractivity contribution in [1.82, 2.24) is 4.90 Å². The molecule has 0 radical (unpaired) electrons. The molecule has 4 heteroatoms. The Morgan fingerprint density at radius 2 is 2.20 bits per heavy atom. The van der Waals surface area contributed by atoms with Gasteiger partial charge in [-0.3, -0.25) is 4.90 Å². The summed E-state index contributed by atoms with van der Waals surface area (Å²) in [7, 11) is -2.51. The molecule has 0 N–H and O–H groups in total. The number of hydrogen-bond donors (Lipinski definition) is 0. The van der Waals surface area contributed by atoms with Gasteiger partial charge in [0.15, 0.2) is 0 Å². The fourth-order valence-electron chi connectivity index (χ4n) is 1.62. The van der Waals surface area contributed by atoms with Crippen LogP contribution in [-0.4, -0.2) is 36.4 Å². The highest BCUT2D eigenvalue weighted by molar-refractivity contribution is 5.68. The third-order valence-corrected chi connectivity index (χ3v) is 2.37. The number of amides is 1. The molecular formula is C11H21NO3. The molecule has 0 aliphatic carbocycles. The molecule has 0 bridgehead atoms. The molecule has 1 aliphatic heterocycles. The van der Waals surface area contributed by atoms with E-state index < -0.39 is 25.0 Å². The summed E-state index contributed by atoms with van der Waals surface area (Å²) >= 11 is 0. The number of likely N-dealkylation sites (tertiary alicyclic amines) is 1. The van der Waals surface area contributed by atoms with Gasteiger partial charge in [-0.25, -0.2) is 4.79 Å². The fraction of sp³-hybridized carbons (Fsp3) is 0.909. The van der Waals surface area contributed by atoms with E-state index >= 15 is 0 Å². The summed E-state index contributed by atoms with van der Waals surface area (Å²) in [5.74, 6) is -0.0158. The standard InChI is InChI=1S/C11H21NO3/c1-8-6-7-12(9(8)14-5)10(13)15-11(2,3)4/h8-9H,6-7H2,1-5H3/i5D3. The van der Waals surface area contributed by atoms with Gasteiger partial charge in [0, 0.05) is 19.5 Å². The number of carbonyl (C=O) groups excluding carboxylic acids is 1. The van der Waals surface area contributed by atoms with Gasteiger partial charge in [0.05, 0.1) is 4.11 Å². The van der Waals surface area contributed by atoms with Gasteiger partial charge in [-0.05, 0) is 27.2 Å². The van der Waals surface area contributed by atoms with Crippen LogP contribution in [0.4, 0.5) is 4.79 Å². The van der Waals surface area contributed by atoms with Gasteiger partial charge in [0.2, 0.25) is 0 Å². The zero-order valence-electron chi connectivity index (χ0n) is 12.7. The van der Waals surface area contributed by atoms with E-state index in [1.165, 1.54) is 4.90 Å². The zero-order chi connectivity index (χ0) is 14.1. The largest absolute Gasteiger partial charge is 0.444 e. The van der Waals surface area contributed by atoms with Crippen LogP contribution in [0.1, 0.15) is 38.2 Å². The van der Waals surface area contributed by atoms with E-state index in [4.69, 9.17) is 13.6 Å². The minimum atomic E-state index is -2.51. The van der Waals surface area contributed by atoms with Crippen molar-refractivity contribution >= 4 is 6.09 Å². The molecule has 2 unspecified atom stereocenters. The molecule has 88 valence electrons. The molecule has 4 nitrogen and oxygen atoms in total. The molecule has 1 saturated heterocycles. The second-order valence-electron chi connectivity index (χ2n) is 4.95. The quantitative estimate of drug-likeness (QED) is 0.677. The Hall–Kier alpha value is -0.770. The fourth-order valence-corrected chi connectivity index (χ4v) is 1.62. The van der Waals surface area contributed by atoms with Crippen molar-refractivity contribution in [2.45, 2.75) is 45.9 Å². The second-order valence-corrected chi connectivity index (χ2v) is 4.95. The molecule has 0 spiro atoms. The lowest BCUT2D eigenvalue weighted by Gasteiger charge is -2.28. The Morgan fingerprint density at radius 1 is 1.53 bits per heavy atom. The molecule has 0 saturated carbocycles. The van der Waals surface area contributed by atoms with Gasteiger partial charge in [-0.1, -0.05) is 6.92 Å². The van der Waals surface area contributed by atoms with Crippen molar-refractivity contribution in [2.24, 2.45) is 5.92 Å². The van der Waals surface area contributed by atoms with Gasteiger partial charge in [0.1, 0.15) is 11.8 Å². The van der Waals surface area contributed by atoms with Crippen molar-refractivity contribution in [3.63, 3.8) is 0 Å². The van der Waals surface area contributed by atoms with Gasteiger partial charge < -0.3 is 9.47 Å². The number of methoxy groups -OCH3 is 1. The Balaban J connectivity index is 2.72. The summed E-state index contributed by atoms with van der Waals surface area (Å²) in [5.41, 5.74) is -0.604. The topological polar surface area (TPSA) is 38.8 Å². The first kappa shape index (κ1) is 8.39. The normalized spacial score (nSPS) is 30.7. The second kappa shape index (κ2) is 4.39. The summed E-state index contributed by atoms with van der Waals surface area (Å²) in [6, 6.07) is 0. The summed E-state index contributed by atoms with van der Waals surface area (Å²) in [6.45, 7) is 7.62. The molecule has 1 fully saturated rings. The summed E-state index contributed by atoms with van der Waals surface area (Å²) < 4.78 is 31.6. The third kappa shape index (κ3) is 3.09. The van der Waals surface area contributed by atoms with Crippen LogP contribution >= 0.6 is 0 Å². The molecule has 15 heavy (non-hydrogen) atoms. The van der Waals surface area contributed by atoms with E-state index in [1.54, 1.807) is 20.8 Å². The van der Waals surface area contributed by atoms with Crippen LogP contribution in [0.3, 0.4) is 0 Å². The van der Waals surface area contributed by atoms with Crippen molar-refractivity contribution in [3.8, 4) is 0 Å². The predicted octanol–water partition coefficient (Wildman–Crippen LogP) is 2.24. The Kier molecular flexibility index (Phi) is 2.46. The minimum Gasteiger partial charge on any atom is -0.444 e. The van der Waals surface area contributed by atoms with E-state index in [2.05, 4.69) is 0 Å². The predicted molar refractivity (Wildman–Crippen MR) is 57.5 cm³/mol. The Morgan fingerprint density at radius 3 is 2.73 bits per heavy atom. The highest BCUT2D eigenvalue weighted by Crippen LogP contribution is 2.26. The lowest BCUT2D eigenvalue weighted by atomic mass is 10.1. The highest BCUT2D eigenvalue weighted by atomic mass is 16.6. The van der Waals surface area contributed by atoms with E-state index in [0.29, 0.717) is 13.0 Å². The molecule has 0 aromatic heterocycles. The number of nitrogens with zero attached hydrogens (tertiary/aromatic N) is 1. The van der Waals surface area contributed by atoms with Crippen LogP contribution in [0, 0.1) is 5.92 Å². The average Bonchev–Trinajstić information content (AvgIpc) is 2.42. The van der Waals surface area contributed by atoms with Crippen LogP contribution in [0.2, 0.25) is 0 Å². The maximum absolute atomic E-state index is 11.9. The first-order valence-corrected chi connectivity index (χ1v) is 5.17. The molecule has 0 aromatic carbocycles. The maximum Gasteiger partial charge on any atom is 0.412 e. The molecular weight excluding hydrogens is 194 g/mol. The molecule has 1 amide bonds. The van der Waals surface area contributed by atoms with E-state index in [1.807, 2.05) is 6.92 Å². The minimum absolute atomic E-state index is 0.0158. The van der Waals surface area contributed by atoms with E-state index in [9.17, 15) is 4.79 Å². The number of carbonyl (C=O) groups is 1.